The Balaban J connectivity index is 1.75. The molecule has 2 unspecified atom stereocenters. The smallest absolute Gasteiger partial charge is 0.443 e. The molecular formula is C28H37F3N2O5. The molecule has 0 aliphatic carbocycles. The van der Waals surface area contributed by atoms with Gasteiger partial charge in [0.05, 0.1) is 19.3 Å². The van der Waals surface area contributed by atoms with Crippen molar-refractivity contribution in [2.24, 2.45) is 0 Å². The lowest BCUT2D eigenvalue weighted by Gasteiger charge is -2.30. The second-order valence-corrected chi connectivity index (χ2v) is 10.4. The van der Waals surface area contributed by atoms with Crippen molar-refractivity contribution in [3.8, 4) is 5.75 Å². The van der Waals surface area contributed by atoms with Crippen LogP contribution in [0.25, 0.3) is 0 Å². The fourth-order valence-electron chi connectivity index (χ4n) is 4.14. The van der Waals surface area contributed by atoms with E-state index >= 15 is 0 Å². The van der Waals surface area contributed by atoms with Gasteiger partial charge in [0.25, 0.3) is 0 Å². The van der Waals surface area contributed by atoms with Crippen molar-refractivity contribution >= 4 is 11.9 Å². The number of ether oxygens (including phenoxy) is 4. The van der Waals surface area contributed by atoms with Gasteiger partial charge in [-0.15, -0.1) is 13.2 Å². The number of halogens is 3. The zero-order valence-corrected chi connectivity index (χ0v) is 22.4. The molecule has 0 bridgehead atoms. The third kappa shape index (κ3) is 9.79. The van der Waals surface area contributed by atoms with Crippen LogP contribution in [0.1, 0.15) is 70.4 Å². The third-order valence-electron chi connectivity index (χ3n) is 5.92. The number of aromatic nitrogens is 1. The first kappa shape index (κ1) is 29.7. The minimum atomic E-state index is -4.81. The predicted octanol–water partition coefficient (Wildman–Crippen LogP) is 7.00. The van der Waals surface area contributed by atoms with Crippen molar-refractivity contribution in [1.29, 1.82) is 0 Å². The summed E-state index contributed by atoms with van der Waals surface area (Å²) in [7, 11) is 0. The highest BCUT2D eigenvalue weighted by atomic mass is 19.4. The Morgan fingerprint density at radius 2 is 1.97 bits per heavy atom. The number of alkyl halides is 3. The molecule has 1 aromatic heterocycles. The normalized spacial score (nSPS) is 18.2. The largest absolute Gasteiger partial charge is 0.573 e. The minimum absolute atomic E-state index is 0.0229. The number of hydrogen-bond donors (Lipinski definition) is 0. The van der Waals surface area contributed by atoms with Gasteiger partial charge in [0.2, 0.25) is 0 Å². The summed E-state index contributed by atoms with van der Waals surface area (Å²) in [5, 5.41) is 0. The Hall–Kier alpha value is -2.85. The number of pyridine rings is 1. The summed E-state index contributed by atoms with van der Waals surface area (Å²) in [6.07, 6.45) is 0.0644. The summed E-state index contributed by atoms with van der Waals surface area (Å²) >= 11 is 0. The van der Waals surface area contributed by atoms with E-state index in [1.165, 1.54) is 23.1 Å². The van der Waals surface area contributed by atoms with Crippen molar-refractivity contribution in [3.05, 3.63) is 53.7 Å². The standard InChI is InChI=1S/C28H37F3N2O5/c1-5-6-13-35-19-24-16-21(12-14-36-24)22-10-11-25(32-17-22)33(26(34)38-27(2,3)4)18-20-8-7-9-23(15-20)37-28(29,30)31/h7-11,15,17,21,24H,5-6,12-14,16,18-19H2,1-4H3. The van der Waals surface area contributed by atoms with Gasteiger partial charge in [-0.05, 0) is 75.3 Å². The monoisotopic (exact) mass is 538 g/mol. The molecule has 7 nitrogen and oxygen atoms in total. The summed E-state index contributed by atoms with van der Waals surface area (Å²) in [6, 6.07) is 9.15. The highest BCUT2D eigenvalue weighted by molar-refractivity contribution is 5.86. The molecule has 3 rings (SSSR count). The highest BCUT2D eigenvalue weighted by Gasteiger charge is 2.31. The molecule has 0 saturated carbocycles. The summed E-state index contributed by atoms with van der Waals surface area (Å²) in [5.41, 5.74) is 0.687. The molecule has 0 N–H and O–H groups in total. The van der Waals surface area contributed by atoms with E-state index in [0.717, 1.165) is 37.9 Å². The van der Waals surface area contributed by atoms with Crippen molar-refractivity contribution < 1.29 is 36.9 Å². The van der Waals surface area contributed by atoms with Gasteiger partial charge >= 0.3 is 12.5 Å². The van der Waals surface area contributed by atoms with Crippen molar-refractivity contribution in [1.82, 2.24) is 4.98 Å². The number of benzene rings is 1. The molecule has 10 heteroatoms. The molecule has 1 aliphatic rings. The van der Waals surface area contributed by atoms with Gasteiger partial charge < -0.3 is 18.9 Å². The van der Waals surface area contributed by atoms with E-state index in [4.69, 9.17) is 14.2 Å². The summed E-state index contributed by atoms with van der Waals surface area (Å²) in [4.78, 5) is 18.9. The SMILES string of the molecule is CCCCOCC1CC(c2ccc(N(Cc3cccc(OC(F)(F)F)c3)C(=O)OC(C)(C)C)nc2)CCO1. The first-order chi connectivity index (χ1) is 17.9. The van der Waals surface area contributed by atoms with Gasteiger partial charge in [0.1, 0.15) is 17.2 Å². The molecule has 1 aliphatic heterocycles. The van der Waals surface area contributed by atoms with Crippen molar-refractivity contribution in [2.75, 3.05) is 24.7 Å². The van der Waals surface area contributed by atoms with Gasteiger partial charge in [-0.25, -0.2) is 9.78 Å². The van der Waals surface area contributed by atoms with Crippen molar-refractivity contribution in [3.63, 3.8) is 0 Å². The molecule has 210 valence electrons. The van der Waals surface area contributed by atoms with Crippen LogP contribution in [0.15, 0.2) is 42.6 Å². The zero-order valence-electron chi connectivity index (χ0n) is 22.4. The van der Waals surface area contributed by atoms with Crippen LogP contribution in [0.5, 0.6) is 5.75 Å². The van der Waals surface area contributed by atoms with Crippen molar-refractivity contribution in [2.45, 2.75) is 83.9 Å². The van der Waals surface area contributed by atoms with Gasteiger partial charge in [0, 0.05) is 19.4 Å². The molecule has 1 saturated heterocycles. The molecular weight excluding hydrogens is 501 g/mol. The van der Waals surface area contributed by atoms with Gasteiger partial charge in [0.15, 0.2) is 0 Å². The van der Waals surface area contributed by atoms with E-state index in [1.807, 2.05) is 6.07 Å². The molecule has 2 heterocycles. The summed E-state index contributed by atoms with van der Waals surface area (Å²) in [6.45, 7) is 9.21. The van der Waals surface area contributed by atoms with E-state index in [2.05, 4.69) is 16.6 Å². The van der Waals surface area contributed by atoms with E-state index in [-0.39, 0.29) is 24.3 Å². The molecule has 2 aromatic rings. The minimum Gasteiger partial charge on any atom is -0.443 e. The van der Waals surface area contributed by atoms with E-state index in [9.17, 15) is 18.0 Å². The van der Waals surface area contributed by atoms with Gasteiger partial charge in [-0.2, -0.15) is 0 Å². The molecule has 2 atom stereocenters. The van der Waals surface area contributed by atoms with Gasteiger partial charge in [-0.3, -0.25) is 4.90 Å². The number of carbonyl (C=O) groups excluding carboxylic acids is 1. The first-order valence-electron chi connectivity index (χ1n) is 12.9. The van der Waals surface area contributed by atoms with Crippen LogP contribution < -0.4 is 9.64 Å². The Labute approximate surface area is 222 Å². The average molecular weight is 539 g/mol. The highest BCUT2D eigenvalue weighted by Crippen LogP contribution is 2.31. The fourth-order valence-corrected chi connectivity index (χ4v) is 4.14. The van der Waals surface area contributed by atoms with Crippen LogP contribution in [0.3, 0.4) is 0 Å². The van der Waals surface area contributed by atoms with E-state index in [1.54, 1.807) is 39.1 Å². The summed E-state index contributed by atoms with van der Waals surface area (Å²) in [5.74, 6) is 0.211. The zero-order chi connectivity index (χ0) is 27.8. The van der Waals surface area contributed by atoms with Gasteiger partial charge in [-0.1, -0.05) is 31.5 Å². The van der Waals surface area contributed by atoms with Crippen LogP contribution in [-0.4, -0.2) is 49.0 Å². The number of amides is 1. The molecule has 1 aromatic carbocycles. The lowest BCUT2D eigenvalue weighted by Crippen LogP contribution is -2.37. The average Bonchev–Trinajstić information content (AvgIpc) is 2.84. The van der Waals surface area contributed by atoms with Crippen LogP contribution in [0.2, 0.25) is 0 Å². The summed E-state index contributed by atoms with van der Waals surface area (Å²) < 4.78 is 59.3. The number of carbonyl (C=O) groups is 1. The van der Waals surface area contributed by atoms with Crippen LogP contribution in [0.4, 0.5) is 23.8 Å². The van der Waals surface area contributed by atoms with Crippen LogP contribution in [0, 0.1) is 0 Å². The molecule has 0 radical (unpaired) electrons. The maximum atomic E-state index is 13.1. The number of unbranched alkanes of at least 4 members (excludes halogenated alkanes) is 1. The molecule has 1 amide bonds. The number of anilines is 1. The number of hydrogen-bond acceptors (Lipinski definition) is 6. The second-order valence-electron chi connectivity index (χ2n) is 10.4. The molecule has 1 fully saturated rings. The quantitative estimate of drug-likeness (QED) is 0.303. The molecule has 0 spiro atoms. The van der Waals surface area contributed by atoms with E-state index in [0.29, 0.717) is 24.6 Å². The number of nitrogens with zero attached hydrogens (tertiary/aromatic N) is 2. The maximum absolute atomic E-state index is 13.1. The van der Waals surface area contributed by atoms with Crippen LogP contribution >= 0.6 is 0 Å². The second kappa shape index (κ2) is 13.3. The predicted molar refractivity (Wildman–Crippen MR) is 137 cm³/mol. The van der Waals surface area contributed by atoms with Crippen LogP contribution in [-0.2, 0) is 20.8 Å². The lowest BCUT2D eigenvalue weighted by atomic mass is 9.90. The number of rotatable bonds is 10. The first-order valence-corrected chi connectivity index (χ1v) is 12.9. The third-order valence-corrected chi connectivity index (χ3v) is 5.92. The maximum Gasteiger partial charge on any atom is 0.573 e. The van der Waals surface area contributed by atoms with E-state index < -0.39 is 18.1 Å². The fraction of sp³-hybridized carbons (Fsp3) is 0.571. The Morgan fingerprint density at radius 1 is 1.18 bits per heavy atom. The molecule has 38 heavy (non-hydrogen) atoms. The Bertz CT molecular complexity index is 1020. The Morgan fingerprint density at radius 3 is 2.63 bits per heavy atom. The Kier molecular flexibility index (Phi) is 10.4. The topological polar surface area (TPSA) is 70.1 Å². The lowest BCUT2D eigenvalue weighted by molar-refractivity contribution is -0.274.